The van der Waals surface area contributed by atoms with E-state index in [4.69, 9.17) is 113 Å². The summed E-state index contributed by atoms with van der Waals surface area (Å²) in [4.78, 5) is 177. The van der Waals surface area contributed by atoms with Crippen molar-refractivity contribution in [1.29, 1.82) is 0 Å². The van der Waals surface area contributed by atoms with Gasteiger partial charge in [0.05, 0.1) is 70.6 Å². The van der Waals surface area contributed by atoms with Crippen molar-refractivity contribution in [3.05, 3.63) is 226 Å². The Morgan fingerprint density at radius 1 is 0.338 bits per heavy atom. The molecule has 5 aromatic carbocycles. The smallest absolute Gasteiger partial charge is 0.458 e. The van der Waals surface area contributed by atoms with Crippen molar-refractivity contribution in [2.24, 2.45) is 22.7 Å². The number of benzene rings is 5. The van der Waals surface area contributed by atoms with Gasteiger partial charge >= 0.3 is 59.5 Å². The van der Waals surface area contributed by atoms with Gasteiger partial charge in [-0.3, -0.25) is 71.9 Å². The Morgan fingerprint density at radius 3 is 0.952 bits per heavy atom. The largest absolute Gasteiger partial charge is 0.519 e. The molecule has 3 atom stereocenters. The summed E-state index contributed by atoms with van der Waals surface area (Å²) in [6.07, 6.45) is 7.14. The SMILES string of the molecule is C=C1OC(CC)=C(Cc2ccccc2)O1.CC(=O)OC(C)OC(=O)C(C)(C)C(=O)Cc1ccccc1.CC(=O)OCC(=O)Cc1ccccc1.CC(=O)OCc1oc(=O)oc1Cc1ccccc1.CC(C)CC(=O)Cc1ccccc1.[B]C(C)(C)C(=O)OC(C)OC(C)=O.[B]CC.[B]CC.[B]CC.[B]CC.[B]CC.[B]CCC(=O)C(C)(C)C(=O)OC(C)OC(C)=O.[B]CCC(=O)CC(C)C.[B]CCC(=O)COC(C)=O. The second kappa shape index (κ2) is 89.6. The van der Waals surface area contributed by atoms with E-state index in [1.165, 1.54) is 109 Å². The lowest BCUT2D eigenvalue weighted by atomic mass is 9.73. The van der Waals surface area contributed by atoms with E-state index in [1.54, 1.807) is 0 Å². The molecule has 1 aliphatic heterocycles. The van der Waals surface area contributed by atoms with Crippen LogP contribution in [-0.2, 0) is 163 Å². The zero-order valence-corrected chi connectivity index (χ0v) is 90.1. The normalized spacial score (nSPS) is 11.0. The third-order valence-electron chi connectivity index (χ3n) is 16.5. The molecule has 0 saturated carbocycles. The number of hydrogen-bond donors (Lipinski definition) is 0. The van der Waals surface area contributed by atoms with Crippen molar-refractivity contribution in [2.45, 2.75) is 325 Å². The molecule has 18 radical (unpaired) electrons. The minimum Gasteiger partial charge on any atom is -0.458 e. The molecular formula is C107H151B9O29. The van der Waals surface area contributed by atoms with E-state index in [1.807, 2.05) is 195 Å². The summed E-state index contributed by atoms with van der Waals surface area (Å²) in [7, 11) is 45.2. The van der Waals surface area contributed by atoms with Crippen LogP contribution in [0.25, 0.3) is 0 Å². The molecule has 0 amide bonds. The number of ketones is 6. The predicted molar refractivity (Wildman–Crippen MR) is 569 cm³/mol. The Hall–Kier alpha value is -12.0. The van der Waals surface area contributed by atoms with Gasteiger partial charge in [-0.15, -0.1) is 0 Å². The van der Waals surface area contributed by atoms with E-state index < -0.39 is 94.6 Å². The van der Waals surface area contributed by atoms with Crippen LogP contribution < -0.4 is 5.82 Å². The maximum atomic E-state index is 12.3. The van der Waals surface area contributed by atoms with Crippen molar-refractivity contribution in [3.63, 3.8) is 0 Å². The van der Waals surface area contributed by atoms with Crippen LogP contribution in [-0.4, -0.2) is 191 Å². The molecule has 0 bridgehead atoms. The Kier molecular flexibility index (Phi) is 90.2. The number of Topliss-reactive ketones (excluding diaryl/α,β-unsaturated/α-hetero) is 6. The summed E-state index contributed by atoms with van der Waals surface area (Å²) in [5.74, 6) is -2.20. The Balaban J connectivity index is -0.000000292. The molecule has 7 rings (SSSR count). The van der Waals surface area contributed by atoms with Crippen LogP contribution in [0.5, 0.6) is 0 Å². The molecule has 38 heteroatoms. The second-order valence-electron chi connectivity index (χ2n) is 33.3. The lowest BCUT2D eigenvalue weighted by molar-refractivity contribution is -0.192. The molecule has 0 N–H and O–H groups in total. The Labute approximate surface area is 873 Å². The standard InChI is InChI=1S/C16H20O5.C13H12O5.C13H14O2.C12H16O.C11H17BO5.C11H12O3.C8H13BO4.C7H13BO.C6H9BO3.5C2H5B/c1-11(17)20-12(2)21-15(19)16(3,4)14(18)10-13-8-6-5-7-9-13;1-9(14)16-8-12-11(17-13(15)18-12)7-10-5-3-2-4-6-10;1-3-12-13(15-10(2)14-12)9-11-7-5-4-6-8-11;1-10(2)8-12(13)9-11-6-4-3-5-7-11;1-7(13)16-8(2)17-10(15)11(3,4)9(14)5-6-12;1-9(12)14-8-11(13)7-10-5-3-2-4-6-10;1-5(10)12-6(2)13-7(11)8(3,4)9;1-6(2)5-7(9)3-4-8;1-5(8)10-4-6(9)2-3-7;5*1-2-3/h5-9,12H,10H2,1-4H3;2-6H,7-8H2,1H3;4-8H,2-3,9H2,1H3;3-7,10H,8-9H2,1-2H3;8H,5-6H2,1-4H3;2-6H,7-8H2,1H3;6H,1-4H3;6H,3-5H2,1-2H3;2-4H2,1H3;5*2H2,1H3. The number of allylic oxidation sites excluding steroid dienone is 2. The summed E-state index contributed by atoms with van der Waals surface area (Å²) in [6.45, 7) is 43.8. The monoisotopic (exact) mass is 2000 g/mol. The summed E-state index contributed by atoms with van der Waals surface area (Å²) in [5, 5.41) is -1.07. The fraction of sp³-hybridized carbons (Fsp3) is 0.514. The highest BCUT2D eigenvalue weighted by Crippen LogP contribution is 2.29. The van der Waals surface area contributed by atoms with E-state index in [2.05, 4.69) is 51.5 Å². The first-order valence-electron chi connectivity index (χ1n) is 47.5. The average molecular weight is 2000 g/mol. The number of rotatable bonds is 38. The van der Waals surface area contributed by atoms with Crippen LogP contribution in [0.2, 0.25) is 55.9 Å². The summed E-state index contributed by atoms with van der Waals surface area (Å²) in [6, 6.07) is 48.1. The van der Waals surface area contributed by atoms with Crippen molar-refractivity contribution in [2.75, 3.05) is 13.2 Å². The zero-order chi connectivity index (χ0) is 113. The highest BCUT2D eigenvalue weighted by molar-refractivity contribution is 6.26. The molecule has 3 unspecified atom stereocenters. The van der Waals surface area contributed by atoms with Gasteiger partial charge in [-0.05, 0) is 86.8 Å². The molecule has 29 nitrogen and oxygen atoms in total. The fourth-order valence-corrected chi connectivity index (χ4v) is 10.0. The minimum absolute atomic E-state index is 0.0913. The van der Waals surface area contributed by atoms with Crippen molar-refractivity contribution in [3.8, 4) is 0 Å². The van der Waals surface area contributed by atoms with Crippen molar-refractivity contribution >= 4 is 159 Å². The fourth-order valence-electron chi connectivity index (χ4n) is 10.0. The number of esters is 9. The first-order valence-corrected chi connectivity index (χ1v) is 47.5. The predicted octanol–water partition coefficient (Wildman–Crippen LogP) is 18.2. The van der Waals surface area contributed by atoms with Crippen LogP contribution in [0.1, 0.15) is 251 Å². The molecule has 145 heavy (non-hydrogen) atoms. The molecule has 780 valence electrons. The third kappa shape index (κ3) is 87.2. The van der Waals surface area contributed by atoms with Gasteiger partial charge in [-0.2, -0.15) is 0 Å². The summed E-state index contributed by atoms with van der Waals surface area (Å²) >= 11 is 0. The molecule has 0 spiro atoms. The highest BCUT2D eigenvalue weighted by Gasteiger charge is 2.39. The van der Waals surface area contributed by atoms with Gasteiger partial charge in [0.25, 0.3) is 5.95 Å². The van der Waals surface area contributed by atoms with Crippen LogP contribution in [0.3, 0.4) is 0 Å². The lowest BCUT2D eigenvalue weighted by Gasteiger charge is -2.23. The van der Waals surface area contributed by atoms with Crippen molar-refractivity contribution < 1.29 is 133 Å². The molecule has 0 saturated heterocycles. The first-order chi connectivity index (χ1) is 67.9. The molecule has 6 aromatic rings. The number of hydrogen-bond acceptors (Lipinski definition) is 29. The maximum absolute atomic E-state index is 12.3. The topological polar surface area (TPSA) is 401 Å². The molecule has 1 aromatic heterocycles. The lowest BCUT2D eigenvalue weighted by Crippen LogP contribution is -2.38. The Bertz CT molecular complexity index is 4680. The zero-order valence-electron chi connectivity index (χ0n) is 90.1. The van der Waals surface area contributed by atoms with E-state index in [9.17, 15) is 76.7 Å². The van der Waals surface area contributed by atoms with Crippen LogP contribution in [0, 0.1) is 22.7 Å². The summed E-state index contributed by atoms with van der Waals surface area (Å²) in [5.41, 5.74) is 2.50. The highest BCUT2D eigenvalue weighted by atomic mass is 16.7. The molecule has 2 heterocycles. The van der Waals surface area contributed by atoms with E-state index in [0.717, 1.165) is 78.2 Å². The van der Waals surface area contributed by atoms with E-state index in [0.29, 0.717) is 80.5 Å². The average Bonchev–Trinajstić information content (AvgIpc) is 1.83. The van der Waals surface area contributed by atoms with Crippen LogP contribution >= 0.6 is 0 Å². The minimum atomic E-state index is -1.30. The van der Waals surface area contributed by atoms with Gasteiger partial charge in [0, 0.05) is 125 Å². The Morgan fingerprint density at radius 2 is 0.628 bits per heavy atom. The van der Waals surface area contributed by atoms with Gasteiger partial charge in [0.15, 0.2) is 41.2 Å². The quantitative estimate of drug-likeness (QED) is 0.0114. The van der Waals surface area contributed by atoms with Gasteiger partial charge < -0.3 is 60.9 Å². The van der Waals surface area contributed by atoms with Gasteiger partial charge in [0.1, 0.15) is 47.2 Å². The number of ether oxygens (including phenoxy) is 11. The third-order valence-corrected chi connectivity index (χ3v) is 16.5. The molecular weight excluding hydrogens is 1850 g/mol. The van der Waals surface area contributed by atoms with Crippen LogP contribution in [0.4, 0.5) is 0 Å². The molecule has 0 aliphatic carbocycles. The number of carbonyl (C=O) groups is 15. The van der Waals surface area contributed by atoms with E-state index >= 15 is 0 Å². The van der Waals surface area contributed by atoms with Gasteiger partial charge in [0.2, 0.25) is 18.9 Å². The summed E-state index contributed by atoms with van der Waals surface area (Å²) < 4.78 is 62.8. The second-order valence-corrected chi connectivity index (χ2v) is 33.3. The molecule has 0 fully saturated rings. The molecule has 1 aliphatic rings. The van der Waals surface area contributed by atoms with Gasteiger partial charge in [-0.1, -0.05) is 285 Å². The van der Waals surface area contributed by atoms with Crippen molar-refractivity contribution in [1.82, 2.24) is 0 Å². The maximum Gasteiger partial charge on any atom is 0.519 e. The first kappa shape index (κ1) is 146. The number of carbonyl (C=O) groups excluding carboxylic acids is 15. The van der Waals surface area contributed by atoms with E-state index in [-0.39, 0.29) is 80.1 Å². The van der Waals surface area contributed by atoms with Crippen LogP contribution in [0.15, 0.2) is 189 Å². The van der Waals surface area contributed by atoms with Gasteiger partial charge in [-0.25, -0.2) is 4.79 Å².